The van der Waals surface area contributed by atoms with Crippen molar-refractivity contribution in [2.75, 3.05) is 6.54 Å². The summed E-state index contributed by atoms with van der Waals surface area (Å²) < 4.78 is 1.12. The zero-order chi connectivity index (χ0) is 15.3. The molecule has 1 unspecified atom stereocenters. The number of nitrogens with one attached hydrogen (secondary N) is 2. The van der Waals surface area contributed by atoms with Gasteiger partial charge in [0, 0.05) is 27.6 Å². The molecular weight excluding hydrogens is 336 g/mol. The number of hydrogen-bond acceptors (Lipinski definition) is 1. The molecule has 112 valence electrons. The fourth-order valence-electron chi connectivity index (χ4n) is 3.63. The number of H-pyrrole nitrogens is 1. The summed E-state index contributed by atoms with van der Waals surface area (Å²) in [5, 5.41) is 5.06. The van der Waals surface area contributed by atoms with Gasteiger partial charge in [0.05, 0.1) is 6.04 Å². The first kappa shape index (κ1) is 14.0. The van der Waals surface area contributed by atoms with E-state index in [0.29, 0.717) is 0 Å². The van der Waals surface area contributed by atoms with E-state index in [9.17, 15) is 0 Å². The first-order valence-corrected chi connectivity index (χ1v) is 8.53. The van der Waals surface area contributed by atoms with Crippen molar-refractivity contribution in [2.24, 2.45) is 0 Å². The van der Waals surface area contributed by atoms with Gasteiger partial charge in [-0.2, -0.15) is 0 Å². The average molecular weight is 355 g/mol. The van der Waals surface area contributed by atoms with E-state index in [1.54, 1.807) is 0 Å². The molecule has 1 aliphatic rings. The Morgan fingerprint density at radius 2 is 1.86 bits per heavy atom. The van der Waals surface area contributed by atoms with Crippen LogP contribution in [-0.4, -0.2) is 11.5 Å². The molecule has 0 spiro atoms. The van der Waals surface area contributed by atoms with Crippen LogP contribution < -0.4 is 5.32 Å². The highest BCUT2D eigenvalue weighted by Crippen LogP contribution is 2.35. The highest BCUT2D eigenvalue weighted by molar-refractivity contribution is 9.10. The maximum absolute atomic E-state index is 3.70. The summed E-state index contributed by atoms with van der Waals surface area (Å²) in [5.41, 5.74) is 8.08. The van der Waals surface area contributed by atoms with Crippen molar-refractivity contribution in [3.63, 3.8) is 0 Å². The molecule has 0 fully saturated rings. The highest BCUT2D eigenvalue weighted by atomic mass is 79.9. The van der Waals surface area contributed by atoms with E-state index in [-0.39, 0.29) is 6.04 Å². The summed E-state index contributed by atoms with van der Waals surface area (Å²) in [4.78, 5) is 3.70. The van der Waals surface area contributed by atoms with E-state index in [1.165, 1.54) is 38.9 Å². The number of fused-ring (bicyclic) bond motifs is 3. The number of aromatic nitrogens is 1. The molecular formula is C19H19BrN2. The smallest absolute Gasteiger partial charge is 0.0732 e. The van der Waals surface area contributed by atoms with Crippen LogP contribution in [0.3, 0.4) is 0 Å². The van der Waals surface area contributed by atoms with Crippen LogP contribution in [0.5, 0.6) is 0 Å². The lowest BCUT2D eigenvalue weighted by Gasteiger charge is -2.25. The lowest BCUT2D eigenvalue weighted by Crippen LogP contribution is -2.30. The van der Waals surface area contributed by atoms with Crippen LogP contribution in [0.25, 0.3) is 10.9 Å². The second-order valence-electron chi connectivity index (χ2n) is 6.21. The Balaban J connectivity index is 1.91. The number of rotatable bonds is 1. The predicted octanol–water partition coefficient (Wildman–Crippen LogP) is 4.78. The molecule has 22 heavy (non-hydrogen) atoms. The van der Waals surface area contributed by atoms with E-state index in [0.717, 1.165) is 17.4 Å². The van der Waals surface area contributed by atoms with Crippen molar-refractivity contribution in [3.8, 4) is 0 Å². The van der Waals surface area contributed by atoms with Gasteiger partial charge in [-0.3, -0.25) is 0 Å². The molecule has 1 aromatic heterocycles. The summed E-state index contributed by atoms with van der Waals surface area (Å²) >= 11 is 3.52. The van der Waals surface area contributed by atoms with Gasteiger partial charge in [-0.1, -0.05) is 39.7 Å². The van der Waals surface area contributed by atoms with Crippen molar-refractivity contribution >= 4 is 26.8 Å². The second-order valence-corrected chi connectivity index (χ2v) is 7.13. The summed E-state index contributed by atoms with van der Waals surface area (Å²) in [7, 11) is 0. The second kappa shape index (κ2) is 5.25. The molecule has 0 saturated heterocycles. The van der Waals surface area contributed by atoms with E-state index >= 15 is 0 Å². The largest absolute Gasteiger partial charge is 0.356 e. The van der Waals surface area contributed by atoms with Gasteiger partial charge in [0.2, 0.25) is 0 Å². The molecule has 2 N–H and O–H groups in total. The van der Waals surface area contributed by atoms with E-state index in [4.69, 9.17) is 0 Å². The fraction of sp³-hybridized carbons (Fsp3) is 0.263. The van der Waals surface area contributed by atoms with Crippen LogP contribution in [0, 0.1) is 13.8 Å². The first-order valence-electron chi connectivity index (χ1n) is 7.74. The summed E-state index contributed by atoms with van der Waals surface area (Å²) in [5.74, 6) is 0. The molecule has 2 heterocycles. The number of aryl methyl sites for hydroxylation is 2. The lowest BCUT2D eigenvalue weighted by molar-refractivity contribution is 0.560. The molecule has 3 aromatic rings. The molecule has 1 atom stereocenters. The Bertz CT molecular complexity index is 846. The van der Waals surface area contributed by atoms with Crippen molar-refractivity contribution in [3.05, 3.63) is 68.8 Å². The third kappa shape index (κ3) is 2.20. The normalized spacial score (nSPS) is 17.7. The van der Waals surface area contributed by atoms with Gasteiger partial charge < -0.3 is 10.3 Å². The van der Waals surface area contributed by atoms with Crippen LogP contribution in [0.2, 0.25) is 0 Å². The zero-order valence-corrected chi connectivity index (χ0v) is 14.4. The van der Waals surface area contributed by atoms with Crippen molar-refractivity contribution in [1.82, 2.24) is 10.3 Å². The number of hydrogen-bond donors (Lipinski definition) is 2. The van der Waals surface area contributed by atoms with E-state index in [2.05, 4.69) is 76.5 Å². The monoisotopic (exact) mass is 354 g/mol. The van der Waals surface area contributed by atoms with Gasteiger partial charge in [0.15, 0.2) is 0 Å². The van der Waals surface area contributed by atoms with Gasteiger partial charge in [0.25, 0.3) is 0 Å². The molecule has 2 nitrogen and oxygen atoms in total. The quantitative estimate of drug-likeness (QED) is 0.646. The molecule has 2 aromatic carbocycles. The Kier molecular flexibility index (Phi) is 3.35. The molecule has 0 amide bonds. The molecule has 0 saturated carbocycles. The van der Waals surface area contributed by atoms with Gasteiger partial charge in [-0.25, -0.2) is 0 Å². The molecule has 1 aliphatic heterocycles. The van der Waals surface area contributed by atoms with Crippen LogP contribution in [0.15, 0.2) is 40.9 Å². The molecule has 0 bridgehead atoms. The minimum absolute atomic E-state index is 0.254. The van der Waals surface area contributed by atoms with Gasteiger partial charge >= 0.3 is 0 Å². The van der Waals surface area contributed by atoms with Gasteiger partial charge in [-0.15, -0.1) is 0 Å². The number of benzene rings is 2. The van der Waals surface area contributed by atoms with E-state index < -0.39 is 0 Å². The lowest BCUT2D eigenvalue weighted by atomic mass is 9.94. The van der Waals surface area contributed by atoms with Crippen molar-refractivity contribution < 1.29 is 0 Å². The topological polar surface area (TPSA) is 27.8 Å². The summed E-state index contributed by atoms with van der Waals surface area (Å²) in [6.07, 6.45) is 1.09. The van der Waals surface area contributed by atoms with E-state index in [1.807, 2.05) is 0 Å². The van der Waals surface area contributed by atoms with Gasteiger partial charge in [-0.05, 0) is 55.2 Å². The molecule has 4 rings (SSSR count). The highest BCUT2D eigenvalue weighted by Gasteiger charge is 2.25. The number of aromatic amines is 1. The van der Waals surface area contributed by atoms with Crippen LogP contribution in [0.4, 0.5) is 0 Å². The standard InChI is InChI=1S/C19H19BrN2/c1-11-9-12(2)17-16(10-11)15-7-8-21-18(19(15)22-17)13-3-5-14(20)6-4-13/h3-6,9-10,18,21-22H,7-8H2,1-2H3. The number of halogens is 1. The maximum atomic E-state index is 3.70. The van der Waals surface area contributed by atoms with Gasteiger partial charge in [0.1, 0.15) is 0 Å². The van der Waals surface area contributed by atoms with Crippen molar-refractivity contribution in [2.45, 2.75) is 26.3 Å². The minimum Gasteiger partial charge on any atom is -0.356 e. The Hall–Kier alpha value is -1.58. The van der Waals surface area contributed by atoms with Crippen molar-refractivity contribution in [1.29, 1.82) is 0 Å². The molecule has 0 radical (unpaired) electrons. The Morgan fingerprint density at radius 3 is 2.64 bits per heavy atom. The fourth-order valence-corrected chi connectivity index (χ4v) is 3.89. The third-order valence-electron chi connectivity index (χ3n) is 4.61. The maximum Gasteiger partial charge on any atom is 0.0732 e. The van der Waals surface area contributed by atoms with Crippen LogP contribution in [-0.2, 0) is 6.42 Å². The zero-order valence-electron chi connectivity index (χ0n) is 12.8. The average Bonchev–Trinajstić information content (AvgIpc) is 2.87. The minimum atomic E-state index is 0.254. The predicted molar refractivity (Wildman–Crippen MR) is 95.5 cm³/mol. The van der Waals surface area contributed by atoms with Crippen LogP contribution >= 0.6 is 15.9 Å². The SMILES string of the molecule is Cc1cc(C)c2[nH]c3c(c2c1)CCNC3c1ccc(Br)cc1. The Morgan fingerprint density at radius 1 is 1.09 bits per heavy atom. The Labute approximate surface area is 139 Å². The van der Waals surface area contributed by atoms with Crippen LogP contribution in [0.1, 0.15) is 34.0 Å². The third-order valence-corrected chi connectivity index (χ3v) is 5.13. The summed E-state index contributed by atoms with van der Waals surface area (Å²) in [6.45, 7) is 5.39. The summed E-state index contributed by atoms with van der Waals surface area (Å²) in [6, 6.07) is 13.4. The molecule has 0 aliphatic carbocycles. The first-order chi connectivity index (χ1) is 10.6. The molecule has 3 heteroatoms.